The third-order valence-electron chi connectivity index (χ3n) is 3.27. The molecule has 1 unspecified atom stereocenters. The van der Waals surface area contributed by atoms with Crippen LogP contribution >= 0.6 is 0 Å². The van der Waals surface area contributed by atoms with Crippen LogP contribution in [0.25, 0.3) is 0 Å². The summed E-state index contributed by atoms with van der Waals surface area (Å²) in [7, 11) is 3.56. The van der Waals surface area contributed by atoms with E-state index >= 15 is 0 Å². The van der Waals surface area contributed by atoms with E-state index in [4.69, 9.17) is 5.73 Å². The second kappa shape index (κ2) is 5.21. The quantitative estimate of drug-likeness (QED) is 0.863. The zero-order valence-electron chi connectivity index (χ0n) is 11.3. The number of anilines is 1. The summed E-state index contributed by atoms with van der Waals surface area (Å²) in [4.78, 5) is 14.0. The number of carbonyl (C=O) groups excluding carboxylic acids is 1. The van der Waals surface area contributed by atoms with Gasteiger partial charge in [-0.15, -0.1) is 0 Å². The minimum atomic E-state index is -0.0634. The van der Waals surface area contributed by atoms with Crippen LogP contribution in [-0.2, 0) is 13.5 Å². The second-order valence-corrected chi connectivity index (χ2v) is 4.36. The predicted molar refractivity (Wildman–Crippen MR) is 68.8 cm³/mol. The molecule has 5 heteroatoms. The van der Waals surface area contributed by atoms with Crippen LogP contribution in [0, 0.1) is 0 Å². The molecule has 96 valence electrons. The van der Waals surface area contributed by atoms with Crippen molar-refractivity contribution in [2.45, 2.75) is 39.7 Å². The van der Waals surface area contributed by atoms with Gasteiger partial charge in [0.1, 0.15) is 5.69 Å². The smallest absolute Gasteiger partial charge is 0.274 e. The summed E-state index contributed by atoms with van der Waals surface area (Å²) in [5, 5.41) is 4.26. The largest absolute Gasteiger partial charge is 0.395 e. The molecule has 17 heavy (non-hydrogen) atoms. The van der Waals surface area contributed by atoms with Crippen LogP contribution in [0.1, 0.15) is 43.4 Å². The lowest BCUT2D eigenvalue weighted by Gasteiger charge is -2.23. The third kappa shape index (κ3) is 2.43. The maximum atomic E-state index is 12.3. The van der Waals surface area contributed by atoms with E-state index in [1.807, 2.05) is 13.8 Å². The van der Waals surface area contributed by atoms with Crippen LogP contribution in [0.15, 0.2) is 0 Å². The number of hydrogen-bond acceptors (Lipinski definition) is 3. The van der Waals surface area contributed by atoms with Gasteiger partial charge in [0.15, 0.2) is 0 Å². The molecular formula is C12H22N4O. The number of aryl methyl sites for hydroxylation is 2. The van der Waals surface area contributed by atoms with Crippen LogP contribution in [0.2, 0.25) is 0 Å². The molecular weight excluding hydrogens is 216 g/mol. The summed E-state index contributed by atoms with van der Waals surface area (Å²) in [6, 6.07) is 0.196. The Morgan fingerprint density at radius 2 is 2.12 bits per heavy atom. The molecule has 0 aliphatic carbocycles. The lowest BCUT2D eigenvalue weighted by atomic mass is 10.2. The van der Waals surface area contributed by atoms with E-state index in [1.54, 1.807) is 23.7 Å². The highest BCUT2D eigenvalue weighted by atomic mass is 16.2. The maximum absolute atomic E-state index is 12.3. The number of nitrogens with two attached hydrogens (primary N) is 1. The topological polar surface area (TPSA) is 64.2 Å². The van der Waals surface area contributed by atoms with Gasteiger partial charge in [0.25, 0.3) is 5.91 Å². The van der Waals surface area contributed by atoms with Crippen molar-refractivity contribution < 1.29 is 4.79 Å². The summed E-state index contributed by atoms with van der Waals surface area (Å²) >= 11 is 0. The van der Waals surface area contributed by atoms with Crippen LogP contribution in [-0.4, -0.2) is 33.7 Å². The van der Waals surface area contributed by atoms with Gasteiger partial charge in [-0.1, -0.05) is 13.8 Å². The number of carbonyl (C=O) groups is 1. The number of nitrogen functional groups attached to an aromatic ring is 1. The highest BCUT2D eigenvalue weighted by molar-refractivity contribution is 5.98. The summed E-state index contributed by atoms with van der Waals surface area (Å²) in [6.07, 6.45) is 1.65. The van der Waals surface area contributed by atoms with Gasteiger partial charge < -0.3 is 10.6 Å². The van der Waals surface area contributed by atoms with Crippen molar-refractivity contribution in [3.63, 3.8) is 0 Å². The van der Waals surface area contributed by atoms with Crippen molar-refractivity contribution in [3.05, 3.63) is 11.4 Å². The first-order valence-electron chi connectivity index (χ1n) is 6.02. The highest BCUT2D eigenvalue weighted by Gasteiger charge is 2.24. The van der Waals surface area contributed by atoms with Crippen molar-refractivity contribution in [2.75, 3.05) is 12.8 Å². The van der Waals surface area contributed by atoms with E-state index in [-0.39, 0.29) is 11.9 Å². The van der Waals surface area contributed by atoms with Crippen LogP contribution in [0.3, 0.4) is 0 Å². The van der Waals surface area contributed by atoms with Gasteiger partial charge in [0.05, 0.1) is 11.4 Å². The molecule has 0 aliphatic rings. The van der Waals surface area contributed by atoms with Crippen molar-refractivity contribution in [2.24, 2.45) is 7.05 Å². The Morgan fingerprint density at radius 3 is 2.53 bits per heavy atom. The van der Waals surface area contributed by atoms with E-state index in [9.17, 15) is 4.79 Å². The van der Waals surface area contributed by atoms with Crippen molar-refractivity contribution in [1.82, 2.24) is 14.7 Å². The van der Waals surface area contributed by atoms with Crippen molar-refractivity contribution in [3.8, 4) is 0 Å². The fourth-order valence-electron chi connectivity index (χ4n) is 1.75. The molecule has 0 aliphatic heterocycles. The summed E-state index contributed by atoms with van der Waals surface area (Å²) in [6.45, 7) is 6.05. The molecule has 1 amide bonds. The number of amides is 1. The van der Waals surface area contributed by atoms with Crippen LogP contribution < -0.4 is 5.73 Å². The van der Waals surface area contributed by atoms with Gasteiger partial charge in [-0.05, 0) is 19.8 Å². The van der Waals surface area contributed by atoms with Gasteiger partial charge in [0.2, 0.25) is 0 Å². The molecule has 1 aromatic heterocycles. The van der Waals surface area contributed by atoms with Gasteiger partial charge in [-0.3, -0.25) is 9.48 Å². The Kier molecular flexibility index (Phi) is 4.15. The maximum Gasteiger partial charge on any atom is 0.274 e. The molecule has 0 saturated heterocycles. The predicted octanol–water partition coefficient (Wildman–Crippen LogP) is 1.44. The number of nitrogens with zero attached hydrogens (tertiary/aromatic N) is 3. The standard InChI is InChI=1S/C12H22N4O/c1-6-8(3)15(4)12(17)11-10(13)9(7-2)14-16(11)5/h8H,6-7,13H2,1-5H3. The Balaban J connectivity index is 3.08. The Bertz CT molecular complexity index is 411. The summed E-state index contributed by atoms with van der Waals surface area (Å²) in [5.74, 6) is -0.0634. The average molecular weight is 238 g/mol. The minimum Gasteiger partial charge on any atom is -0.395 e. The minimum absolute atomic E-state index is 0.0634. The second-order valence-electron chi connectivity index (χ2n) is 4.36. The van der Waals surface area contributed by atoms with Crippen molar-refractivity contribution in [1.29, 1.82) is 0 Å². The first-order chi connectivity index (χ1) is 7.93. The Labute approximate surface area is 103 Å². The molecule has 1 atom stereocenters. The van der Waals surface area contributed by atoms with E-state index in [1.165, 1.54) is 0 Å². The lowest BCUT2D eigenvalue weighted by Crippen LogP contribution is -2.36. The molecule has 5 nitrogen and oxygen atoms in total. The first kappa shape index (κ1) is 13.5. The molecule has 0 aromatic carbocycles. The lowest BCUT2D eigenvalue weighted by molar-refractivity contribution is 0.0730. The monoisotopic (exact) mass is 238 g/mol. The first-order valence-corrected chi connectivity index (χ1v) is 6.02. The molecule has 2 N–H and O–H groups in total. The molecule has 1 rings (SSSR count). The number of rotatable bonds is 4. The summed E-state index contributed by atoms with van der Waals surface area (Å²) in [5.41, 5.74) is 7.75. The van der Waals surface area contributed by atoms with Crippen molar-refractivity contribution >= 4 is 11.6 Å². The molecule has 0 radical (unpaired) electrons. The Morgan fingerprint density at radius 1 is 1.53 bits per heavy atom. The molecule has 0 fully saturated rings. The van der Waals surface area contributed by atoms with Gasteiger partial charge in [-0.2, -0.15) is 5.10 Å². The zero-order valence-corrected chi connectivity index (χ0v) is 11.3. The van der Waals surface area contributed by atoms with Crippen LogP contribution in [0.5, 0.6) is 0 Å². The highest BCUT2D eigenvalue weighted by Crippen LogP contribution is 2.19. The van der Waals surface area contributed by atoms with E-state index in [0.29, 0.717) is 11.4 Å². The number of aromatic nitrogens is 2. The zero-order chi connectivity index (χ0) is 13.2. The molecule has 1 aromatic rings. The van der Waals surface area contributed by atoms with E-state index < -0.39 is 0 Å². The fraction of sp³-hybridized carbons (Fsp3) is 0.667. The Hall–Kier alpha value is -1.52. The normalized spacial score (nSPS) is 12.5. The molecule has 0 bridgehead atoms. The molecule has 1 heterocycles. The van der Waals surface area contributed by atoms with E-state index in [2.05, 4.69) is 12.0 Å². The van der Waals surface area contributed by atoms with Gasteiger partial charge >= 0.3 is 0 Å². The van der Waals surface area contributed by atoms with E-state index in [0.717, 1.165) is 18.5 Å². The average Bonchev–Trinajstić information content (AvgIpc) is 2.61. The van der Waals surface area contributed by atoms with Gasteiger partial charge in [0, 0.05) is 20.1 Å². The molecule has 0 saturated carbocycles. The fourth-order valence-corrected chi connectivity index (χ4v) is 1.75. The molecule has 0 spiro atoms. The SMILES string of the molecule is CCc1nn(C)c(C(=O)N(C)C(C)CC)c1N. The van der Waals surface area contributed by atoms with Gasteiger partial charge in [-0.25, -0.2) is 0 Å². The third-order valence-corrected chi connectivity index (χ3v) is 3.27. The summed E-state index contributed by atoms with van der Waals surface area (Å²) < 4.78 is 1.58. The van der Waals surface area contributed by atoms with Crippen LogP contribution in [0.4, 0.5) is 5.69 Å². The number of hydrogen-bond donors (Lipinski definition) is 1.